The van der Waals surface area contributed by atoms with Gasteiger partial charge in [-0.3, -0.25) is 9.79 Å². The third kappa shape index (κ3) is 6.11. The number of aliphatic imine (C=N–C) groups is 1. The lowest BCUT2D eigenvalue weighted by Crippen LogP contribution is -2.39. The third-order valence-electron chi connectivity index (χ3n) is 2.47. The summed E-state index contributed by atoms with van der Waals surface area (Å²) >= 11 is 0. The number of esters is 1. The molecule has 0 aliphatic rings. The molecule has 0 amide bonds. The van der Waals surface area contributed by atoms with E-state index in [1.54, 1.807) is 0 Å². The van der Waals surface area contributed by atoms with Crippen LogP contribution < -0.4 is 11.5 Å². The summed E-state index contributed by atoms with van der Waals surface area (Å²) < 4.78 is 4.56. The number of nitrogens with zero attached hydrogens (tertiary/aromatic N) is 2. The molecule has 0 aliphatic carbocycles. The summed E-state index contributed by atoms with van der Waals surface area (Å²) in [5.74, 6) is 0.171. The summed E-state index contributed by atoms with van der Waals surface area (Å²) in [7, 11) is 1.34. The Balaban J connectivity index is 4.00. The van der Waals surface area contributed by atoms with E-state index in [0.29, 0.717) is 18.9 Å². The minimum absolute atomic E-state index is 0.372. The van der Waals surface area contributed by atoms with Crippen LogP contribution in [0.25, 0.3) is 0 Å². The number of carbonyl (C=O) groups excluding carboxylic acids is 1. The number of guanidine groups is 1. The molecule has 0 fully saturated rings. The van der Waals surface area contributed by atoms with Gasteiger partial charge in [-0.1, -0.05) is 0 Å². The van der Waals surface area contributed by atoms with Gasteiger partial charge >= 0.3 is 5.97 Å². The maximum atomic E-state index is 11.1. The predicted octanol–water partition coefficient (Wildman–Crippen LogP) is -0.0766. The predicted molar refractivity (Wildman–Crippen MR) is 68.6 cm³/mol. The van der Waals surface area contributed by atoms with Crippen LogP contribution in [0.4, 0.5) is 0 Å². The van der Waals surface area contributed by atoms with E-state index < -0.39 is 6.04 Å². The summed E-state index contributed by atoms with van der Waals surface area (Å²) in [5, 5.41) is 0. The van der Waals surface area contributed by atoms with E-state index in [1.165, 1.54) is 7.11 Å². The molecule has 0 aliphatic heterocycles. The van der Waals surface area contributed by atoms with Crippen molar-refractivity contribution in [3.63, 3.8) is 0 Å². The summed E-state index contributed by atoms with van der Waals surface area (Å²) in [5.41, 5.74) is 11.4. The Morgan fingerprint density at radius 1 is 1.47 bits per heavy atom. The number of hydrogen-bond donors (Lipinski definition) is 2. The summed E-state index contributed by atoms with van der Waals surface area (Å²) in [4.78, 5) is 17.2. The van der Waals surface area contributed by atoms with Gasteiger partial charge in [-0.2, -0.15) is 0 Å². The number of ether oxygens (including phenoxy) is 1. The minimum Gasteiger partial charge on any atom is -0.468 e. The van der Waals surface area contributed by atoms with E-state index in [2.05, 4.69) is 9.73 Å². The molecular formula is C11H24N4O2. The van der Waals surface area contributed by atoms with Gasteiger partial charge in [0.1, 0.15) is 6.04 Å². The van der Waals surface area contributed by atoms with Gasteiger partial charge in [0, 0.05) is 19.6 Å². The van der Waals surface area contributed by atoms with Gasteiger partial charge in [-0.05, 0) is 26.7 Å². The van der Waals surface area contributed by atoms with Gasteiger partial charge in [0.15, 0.2) is 5.96 Å². The first-order valence-electron chi connectivity index (χ1n) is 5.95. The molecule has 1 atom stereocenters. The second-order valence-corrected chi connectivity index (χ2v) is 3.68. The molecule has 0 rings (SSSR count). The molecule has 100 valence electrons. The van der Waals surface area contributed by atoms with Crippen molar-refractivity contribution in [1.29, 1.82) is 0 Å². The van der Waals surface area contributed by atoms with E-state index in [0.717, 1.165) is 19.5 Å². The fourth-order valence-electron chi connectivity index (χ4n) is 1.47. The Morgan fingerprint density at radius 3 is 2.59 bits per heavy atom. The molecule has 0 heterocycles. The molecule has 0 spiro atoms. The first-order chi connectivity index (χ1) is 8.06. The molecule has 0 aromatic heterocycles. The van der Waals surface area contributed by atoms with Gasteiger partial charge in [0.05, 0.1) is 7.11 Å². The fraction of sp³-hybridized carbons (Fsp3) is 0.818. The molecule has 0 saturated heterocycles. The largest absolute Gasteiger partial charge is 0.468 e. The zero-order valence-electron chi connectivity index (χ0n) is 11.0. The standard InChI is InChI=1S/C11H24N4O2/c1-4-14-11(13)15(5-2)8-6-7-9(12)10(16)17-3/h9H,4-8,12H2,1-3H3,(H2,13,14)/t9-/m0/s1. The first kappa shape index (κ1) is 15.7. The second kappa shape index (κ2) is 8.81. The monoisotopic (exact) mass is 244 g/mol. The molecule has 6 nitrogen and oxygen atoms in total. The average molecular weight is 244 g/mol. The second-order valence-electron chi connectivity index (χ2n) is 3.68. The number of nitrogens with two attached hydrogens (primary N) is 2. The summed E-state index contributed by atoms with van der Waals surface area (Å²) in [6.45, 7) is 6.16. The van der Waals surface area contributed by atoms with Crippen LogP contribution >= 0.6 is 0 Å². The maximum absolute atomic E-state index is 11.1. The Hall–Kier alpha value is -1.30. The first-order valence-corrected chi connectivity index (χ1v) is 5.95. The molecule has 6 heteroatoms. The zero-order valence-corrected chi connectivity index (χ0v) is 11.0. The lowest BCUT2D eigenvalue weighted by molar-refractivity contribution is -0.142. The van der Waals surface area contributed by atoms with Crippen molar-refractivity contribution in [2.24, 2.45) is 16.5 Å². The van der Waals surface area contributed by atoms with Crippen molar-refractivity contribution >= 4 is 11.9 Å². The van der Waals surface area contributed by atoms with Gasteiger partial charge < -0.3 is 21.1 Å². The van der Waals surface area contributed by atoms with Crippen molar-refractivity contribution in [3.8, 4) is 0 Å². The van der Waals surface area contributed by atoms with Crippen LogP contribution in [0.1, 0.15) is 26.7 Å². The highest BCUT2D eigenvalue weighted by molar-refractivity contribution is 5.78. The number of methoxy groups -OCH3 is 1. The number of carbonyl (C=O) groups is 1. The van der Waals surface area contributed by atoms with Crippen LogP contribution in [-0.4, -0.2) is 49.6 Å². The van der Waals surface area contributed by atoms with E-state index in [1.807, 2.05) is 18.7 Å². The maximum Gasteiger partial charge on any atom is 0.322 e. The molecule has 0 radical (unpaired) electrons. The summed E-state index contributed by atoms with van der Waals surface area (Å²) in [6, 6.07) is -0.553. The van der Waals surface area contributed by atoms with Crippen molar-refractivity contribution in [2.75, 3.05) is 26.7 Å². The normalized spacial score (nSPS) is 13.3. The van der Waals surface area contributed by atoms with Gasteiger partial charge in [0.25, 0.3) is 0 Å². The van der Waals surface area contributed by atoms with Crippen LogP contribution in [0.3, 0.4) is 0 Å². The molecule has 0 aromatic rings. The zero-order chi connectivity index (χ0) is 13.3. The average Bonchev–Trinajstić information content (AvgIpc) is 2.33. The van der Waals surface area contributed by atoms with E-state index in [9.17, 15) is 4.79 Å². The van der Waals surface area contributed by atoms with Crippen LogP contribution in [0.5, 0.6) is 0 Å². The Kier molecular flexibility index (Phi) is 8.13. The Morgan fingerprint density at radius 2 is 2.12 bits per heavy atom. The van der Waals surface area contributed by atoms with Crippen LogP contribution in [-0.2, 0) is 9.53 Å². The highest BCUT2D eigenvalue weighted by atomic mass is 16.5. The smallest absolute Gasteiger partial charge is 0.322 e. The highest BCUT2D eigenvalue weighted by Gasteiger charge is 2.14. The van der Waals surface area contributed by atoms with Crippen LogP contribution in [0.15, 0.2) is 4.99 Å². The van der Waals surface area contributed by atoms with Gasteiger partial charge in [-0.25, -0.2) is 0 Å². The lowest BCUT2D eigenvalue weighted by Gasteiger charge is -2.22. The van der Waals surface area contributed by atoms with Gasteiger partial charge in [0.2, 0.25) is 0 Å². The lowest BCUT2D eigenvalue weighted by atomic mass is 10.1. The van der Waals surface area contributed by atoms with Crippen molar-refractivity contribution in [2.45, 2.75) is 32.7 Å². The van der Waals surface area contributed by atoms with Crippen molar-refractivity contribution in [3.05, 3.63) is 0 Å². The topological polar surface area (TPSA) is 93.9 Å². The minimum atomic E-state index is -0.553. The van der Waals surface area contributed by atoms with E-state index in [-0.39, 0.29) is 5.97 Å². The number of rotatable bonds is 7. The van der Waals surface area contributed by atoms with E-state index in [4.69, 9.17) is 11.5 Å². The molecule has 0 saturated carbocycles. The molecule has 17 heavy (non-hydrogen) atoms. The molecule has 0 unspecified atom stereocenters. The fourth-order valence-corrected chi connectivity index (χ4v) is 1.47. The van der Waals surface area contributed by atoms with Crippen LogP contribution in [0, 0.1) is 0 Å². The Labute approximate surface area is 103 Å². The molecule has 0 aromatic carbocycles. The molecule has 0 bridgehead atoms. The SMILES string of the molecule is CCN=C(N)N(CC)CCC[C@H](N)C(=O)OC. The Bertz CT molecular complexity index is 256. The van der Waals surface area contributed by atoms with Crippen molar-refractivity contribution < 1.29 is 9.53 Å². The third-order valence-corrected chi connectivity index (χ3v) is 2.47. The quantitative estimate of drug-likeness (QED) is 0.371. The molecule has 4 N–H and O–H groups in total. The van der Waals surface area contributed by atoms with Crippen LogP contribution in [0.2, 0.25) is 0 Å². The highest BCUT2D eigenvalue weighted by Crippen LogP contribution is 2.00. The van der Waals surface area contributed by atoms with Crippen molar-refractivity contribution in [1.82, 2.24) is 4.90 Å². The van der Waals surface area contributed by atoms with Gasteiger partial charge in [-0.15, -0.1) is 0 Å². The van der Waals surface area contributed by atoms with E-state index >= 15 is 0 Å². The number of hydrogen-bond acceptors (Lipinski definition) is 4. The summed E-state index contributed by atoms with van der Waals surface area (Å²) in [6.07, 6.45) is 1.37. The molecular weight excluding hydrogens is 220 g/mol.